The van der Waals surface area contributed by atoms with Crippen LogP contribution in [0.15, 0.2) is 29.8 Å². The second-order valence-corrected chi connectivity index (χ2v) is 4.35. The zero-order chi connectivity index (χ0) is 14.3. The predicted molar refractivity (Wildman–Crippen MR) is 75.7 cm³/mol. The summed E-state index contributed by atoms with van der Waals surface area (Å²) in [7, 11) is 1.59. The lowest BCUT2D eigenvalue weighted by atomic mass is 10.2. The smallest absolute Gasteiger partial charge is 0.331 e. The first-order valence-corrected chi connectivity index (χ1v) is 6.42. The summed E-state index contributed by atoms with van der Waals surface area (Å²) in [4.78, 5) is 10.8. The van der Waals surface area contributed by atoms with Crippen molar-refractivity contribution >= 4 is 17.6 Å². The Labute approximate surface area is 118 Å². The molecule has 2 N–H and O–H groups in total. The Bertz CT molecular complexity index is 472. The van der Waals surface area contributed by atoms with E-state index in [0.717, 1.165) is 11.3 Å². The van der Waals surface area contributed by atoms with E-state index in [1.165, 1.54) is 0 Å². The average Bonchev–Trinajstić information content (AvgIpc) is 2.39. The summed E-state index contributed by atoms with van der Waals surface area (Å²) in [5.41, 5.74) is 1.27. The summed E-state index contributed by atoms with van der Waals surface area (Å²) < 4.78 is 5.23. The number of halogens is 1. The zero-order valence-corrected chi connectivity index (χ0v) is 11.8. The molecule has 1 aromatic rings. The topological polar surface area (TPSA) is 58.6 Å². The molecule has 0 bridgehead atoms. The summed E-state index contributed by atoms with van der Waals surface area (Å²) in [6, 6.07) is 5.46. The Kier molecular flexibility index (Phi) is 6.39. The highest BCUT2D eigenvalue weighted by molar-refractivity contribution is 6.31. The average molecular weight is 284 g/mol. The van der Waals surface area contributed by atoms with E-state index in [0.29, 0.717) is 30.1 Å². The Morgan fingerprint density at radius 1 is 1.53 bits per heavy atom. The van der Waals surface area contributed by atoms with Crippen LogP contribution in [0.25, 0.3) is 0 Å². The van der Waals surface area contributed by atoms with Crippen molar-refractivity contribution in [3.05, 3.63) is 40.4 Å². The molecule has 0 saturated carbocycles. The van der Waals surface area contributed by atoms with Crippen molar-refractivity contribution in [2.75, 3.05) is 13.7 Å². The maximum Gasteiger partial charge on any atom is 0.331 e. The van der Waals surface area contributed by atoms with Gasteiger partial charge in [-0.1, -0.05) is 30.7 Å². The molecule has 0 aliphatic carbocycles. The fraction of sp³-hybridized carbons (Fsp3) is 0.357. The third-order valence-corrected chi connectivity index (χ3v) is 3.10. The molecule has 0 aliphatic rings. The quantitative estimate of drug-likeness (QED) is 0.597. The van der Waals surface area contributed by atoms with Crippen molar-refractivity contribution in [2.45, 2.75) is 19.9 Å². The Balaban J connectivity index is 2.61. The minimum atomic E-state index is -0.875. The lowest BCUT2D eigenvalue weighted by Crippen LogP contribution is -2.15. The Hall–Kier alpha value is -1.52. The molecule has 0 radical (unpaired) electrons. The normalized spacial score (nSPS) is 11.4. The maximum absolute atomic E-state index is 10.8. The Morgan fingerprint density at radius 2 is 2.26 bits per heavy atom. The van der Waals surface area contributed by atoms with Gasteiger partial charge in [0.05, 0.1) is 7.11 Å². The minimum Gasteiger partial charge on any atom is -0.496 e. The number of carboxylic acids is 1. The van der Waals surface area contributed by atoms with Gasteiger partial charge in [0, 0.05) is 29.2 Å². The summed E-state index contributed by atoms with van der Waals surface area (Å²) in [5.74, 6) is -0.155. The number of hydrogen-bond acceptors (Lipinski definition) is 3. The molecular formula is C14H18ClNO3. The molecule has 0 unspecified atom stereocenters. The second kappa shape index (κ2) is 7.81. The first-order chi connectivity index (χ1) is 9.10. The highest BCUT2D eigenvalue weighted by Crippen LogP contribution is 2.25. The van der Waals surface area contributed by atoms with Crippen LogP contribution in [-0.2, 0) is 11.3 Å². The number of rotatable bonds is 7. The molecule has 0 aromatic heterocycles. The van der Waals surface area contributed by atoms with E-state index < -0.39 is 5.97 Å². The summed E-state index contributed by atoms with van der Waals surface area (Å²) in [6.07, 6.45) is 2.18. The summed E-state index contributed by atoms with van der Waals surface area (Å²) in [5, 5.41) is 12.6. The summed E-state index contributed by atoms with van der Waals surface area (Å²) in [6.45, 7) is 2.82. The van der Waals surface area contributed by atoms with Crippen LogP contribution in [0, 0.1) is 0 Å². The minimum absolute atomic E-state index is 0.402. The lowest BCUT2D eigenvalue weighted by molar-refractivity contribution is -0.132. The van der Waals surface area contributed by atoms with Crippen LogP contribution in [0.3, 0.4) is 0 Å². The number of ether oxygens (including phenoxy) is 1. The highest BCUT2D eigenvalue weighted by atomic mass is 35.5. The van der Waals surface area contributed by atoms with Gasteiger partial charge in [-0.15, -0.1) is 0 Å². The van der Waals surface area contributed by atoms with Crippen LogP contribution in [0.4, 0.5) is 0 Å². The molecule has 0 atom stereocenters. The maximum atomic E-state index is 10.8. The number of nitrogens with one attached hydrogen (secondary N) is 1. The zero-order valence-electron chi connectivity index (χ0n) is 11.1. The van der Waals surface area contributed by atoms with Crippen molar-refractivity contribution in [3.63, 3.8) is 0 Å². The van der Waals surface area contributed by atoms with Crippen LogP contribution in [0.2, 0.25) is 5.02 Å². The molecule has 19 heavy (non-hydrogen) atoms. The van der Waals surface area contributed by atoms with E-state index in [4.69, 9.17) is 21.4 Å². The molecule has 0 fully saturated rings. The van der Waals surface area contributed by atoms with Crippen molar-refractivity contribution in [2.24, 2.45) is 0 Å². The van der Waals surface area contributed by atoms with Gasteiger partial charge in [-0.05, 0) is 18.6 Å². The van der Waals surface area contributed by atoms with Crippen molar-refractivity contribution in [3.8, 4) is 5.75 Å². The molecule has 104 valence electrons. The van der Waals surface area contributed by atoms with Crippen LogP contribution < -0.4 is 10.1 Å². The Morgan fingerprint density at radius 3 is 2.84 bits per heavy atom. The van der Waals surface area contributed by atoms with Gasteiger partial charge in [-0.25, -0.2) is 4.79 Å². The van der Waals surface area contributed by atoms with Crippen LogP contribution in [0.1, 0.15) is 18.9 Å². The number of methoxy groups -OCH3 is 1. The molecule has 0 aliphatic heterocycles. The molecule has 0 spiro atoms. The second-order valence-electron chi connectivity index (χ2n) is 3.94. The highest BCUT2D eigenvalue weighted by Gasteiger charge is 2.07. The van der Waals surface area contributed by atoms with E-state index in [9.17, 15) is 4.79 Å². The van der Waals surface area contributed by atoms with Crippen LogP contribution >= 0.6 is 11.6 Å². The number of carboxylic acid groups (broad SMARTS) is 1. The van der Waals surface area contributed by atoms with Gasteiger partial charge in [0.25, 0.3) is 0 Å². The van der Waals surface area contributed by atoms with Gasteiger partial charge < -0.3 is 15.2 Å². The molecular weight excluding hydrogens is 266 g/mol. The fourth-order valence-electron chi connectivity index (χ4n) is 1.68. The molecule has 0 saturated heterocycles. The summed E-state index contributed by atoms with van der Waals surface area (Å²) >= 11 is 6.10. The van der Waals surface area contributed by atoms with Crippen LogP contribution in [-0.4, -0.2) is 24.7 Å². The van der Waals surface area contributed by atoms with Crippen molar-refractivity contribution in [1.29, 1.82) is 0 Å². The lowest BCUT2D eigenvalue weighted by Gasteiger charge is -2.10. The molecule has 5 heteroatoms. The SMILES string of the molecule is CC/C(=C/CNCc1c(Cl)cccc1OC)C(=O)O. The van der Waals surface area contributed by atoms with E-state index in [2.05, 4.69) is 5.32 Å². The molecule has 1 aromatic carbocycles. The first kappa shape index (κ1) is 15.5. The third-order valence-electron chi connectivity index (χ3n) is 2.75. The number of hydrogen-bond donors (Lipinski definition) is 2. The van der Waals surface area contributed by atoms with Gasteiger partial charge in [0.2, 0.25) is 0 Å². The molecule has 1 rings (SSSR count). The van der Waals surface area contributed by atoms with Gasteiger partial charge in [-0.2, -0.15) is 0 Å². The fourth-order valence-corrected chi connectivity index (χ4v) is 1.91. The molecule has 0 amide bonds. The van der Waals surface area contributed by atoms with E-state index >= 15 is 0 Å². The van der Waals surface area contributed by atoms with E-state index in [1.54, 1.807) is 19.3 Å². The number of benzene rings is 1. The van der Waals surface area contributed by atoms with Gasteiger partial charge >= 0.3 is 5.97 Å². The monoisotopic (exact) mass is 283 g/mol. The molecule has 0 heterocycles. The standard InChI is InChI=1S/C14H18ClNO3/c1-3-10(14(17)18)7-8-16-9-11-12(15)5-4-6-13(11)19-2/h4-7,16H,3,8-9H2,1-2H3,(H,17,18)/b10-7-. The van der Waals surface area contributed by atoms with Gasteiger partial charge in [0.1, 0.15) is 5.75 Å². The van der Waals surface area contributed by atoms with Crippen molar-refractivity contribution in [1.82, 2.24) is 5.32 Å². The van der Waals surface area contributed by atoms with E-state index in [1.807, 2.05) is 19.1 Å². The van der Waals surface area contributed by atoms with Gasteiger partial charge in [0.15, 0.2) is 0 Å². The number of aliphatic carboxylic acids is 1. The van der Waals surface area contributed by atoms with Crippen LogP contribution in [0.5, 0.6) is 5.75 Å². The van der Waals surface area contributed by atoms with Gasteiger partial charge in [-0.3, -0.25) is 0 Å². The van der Waals surface area contributed by atoms with E-state index in [-0.39, 0.29) is 0 Å². The van der Waals surface area contributed by atoms with Crippen molar-refractivity contribution < 1.29 is 14.6 Å². The first-order valence-electron chi connectivity index (χ1n) is 6.04. The third kappa shape index (κ3) is 4.58. The number of carbonyl (C=O) groups is 1. The predicted octanol–water partition coefficient (Wildman–Crippen LogP) is 2.86. The largest absolute Gasteiger partial charge is 0.496 e. The molecule has 4 nitrogen and oxygen atoms in total.